The fourth-order valence-electron chi connectivity index (χ4n) is 3.43. The first-order valence-corrected chi connectivity index (χ1v) is 11.8. The molecule has 0 saturated carbocycles. The van der Waals surface area contributed by atoms with Crippen LogP contribution in [0.25, 0.3) is 6.08 Å². The number of unbranched alkanes of at least 4 members (excludes halogenated alkanes) is 13. The molecule has 0 heterocycles. The zero-order valence-corrected chi connectivity index (χ0v) is 18.8. The summed E-state index contributed by atoms with van der Waals surface area (Å²) >= 11 is 0. The molecule has 1 rings (SSSR count). The highest BCUT2D eigenvalue weighted by Crippen LogP contribution is 2.13. The molecule has 0 fully saturated rings. The lowest BCUT2D eigenvalue weighted by Crippen LogP contribution is -2.10. The maximum Gasteiger partial charge on any atom is 0.373 e. The van der Waals surface area contributed by atoms with E-state index < -0.39 is 0 Å². The standard InChI is InChI=1S/C26H42O3/c1-3-4-5-6-7-8-9-10-11-12-13-14-15-19-22-29-26(27)25(28-2)23-24-20-17-16-18-21-24/h16-18,20-21,23H,3-15,19,22H2,1-2H3. The van der Waals surface area contributed by atoms with Gasteiger partial charge in [0.2, 0.25) is 5.76 Å². The summed E-state index contributed by atoms with van der Waals surface area (Å²) in [6.45, 7) is 2.74. The molecule has 0 bridgehead atoms. The second-order valence-electron chi connectivity index (χ2n) is 7.86. The molecule has 1 aromatic rings. The zero-order valence-electron chi connectivity index (χ0n) is 18.8. The predicted molar refractivity (Wildman–Crippen MR) is 123 cm³/mol. The first-order valence-electron chi connectivity index (χ1n) is 11.8. The quantitative estimate of drug-likeness (QED) is 0.109. The number of hydrogen-bond donors (Lipinski definition) is 0. The lowest BCUT2D eigenvalue weighted by atomic mass is 10.0. The Morgan fingerprint density at radius 1 is 0.759 bits per heavy atom. The SMILES string of the molecule is CCCCCCCCCCCCCCCCOC(=O)C(=Cc1ccccc1)OC. The average Bonchev–Trinajstić information content (AvgIpc) is 2.75. The van der Waals surface area contributed by atoms with Gasteiger partial charge in [0, 0.05) is 0 Å². The topological polar surface area (TPSA) is 35.5 Å². The summed E-state index contributed by atoms with van der Waals surface area (Å²) in [7, 11) is 1.50. The van der Waals surface area contributed by atoms with Crippen LogP contribution in [-0.4, -0.2) is 19.7 Å². The Bertz CT molecular complexity index is 536. The zero-order chi connectivity index (χ0) is 21.0. The highest BCUT2D eigenvalue weighted by atomic mass is 16.6. The van der Waals surface area contributed by atoms with Crippen LogP contribution in [0.4, 0.5) is 0 Å². The summed E-state index contributed by atoms with van der Waals surface area (Å²) in [5.74, 6) is -0.132. The molecule has 0 aliphatic heterocycles. The highest BCUT2D eigenvalue weighted by Gasteiger charge is 2.11. The number of methoxy groups -OCH3 is 1. The molecular formula is C26H42O3. The molecule has 1 aromatic carbocycles. The minimum absolute atomic E-state index is 0.251. The van der Waals surface area contributed by atoms with Crippen LogP contribution >= 0.6 is 0 Å². The molecule has 0 spiro atoms. The maximum absolute atomic E-state index is 12.1. The van der Waals surface area contributed by atoms with Gasteiger partial charge in [0.05, 0.1) is 13.7 Å². The minimum Gasteiger partial charge on any atom is -0.490 e. The number of ether oxygens (including phenoxy) is 2. The molecule has 3 heteroatoms. The fourth-order valence-corrected chi connectivity index (χ4v) is 3.43. The van der Waals surface area contributed by atoms with Crippen LogP contribution in [0.3, 0.4) is 0 Å². The summed E-state index contributed by atoms with van der Waals surface area (Å²) in [5.41, 5.74) is 0.929. The fraction of sp³-hybridized carbons (Fsp3) is 0.654. The van der Waals surface area contributed by atoms with Crippen molar-refractivity contribution in [2.45, 2.75) is 96.8 Å². The molecule has 29 heavy (non-hydrogen) atoms. The van der Waals surface area contributed by atoms with Crippen LogP contribution in [0.5, 0.6) is 0 Å². The van der Waals surface area contributed by atoms with E-state index >= 15 is 0 Å². The van der Waals surface area contributed by atoms with E-state index in [1.807, 2.05) is 30.3 Å². The minimum atomic E-state index is -0.383. The molecule has 0 unspecified atom stereocenters. The van der Waals surface area contributed by atoms with Gasteiger partial charge in [-0.1, -0.05) is 121 Å². The molecule has 3 nitrogen and oxygen atoms in total. The van der Waals surface area contributed by atoms with E-state index in [-0.39, 0.29) is 11.7 Å². The van der Waals surface area contributed by atoms with Gasteiger partial charge < -0.3 is 9.47 Å². The van der Waals surface area contributed by atoms with Gasteiger partial charge in [-0.3, -0.25) is 0 Å². The molecular weight excluding hydrogens is 360 g/mol. The third-order valence-corrected chi connectivity index (χ3v) is 5.25. The van der Waals surface area contributed by atoms with Crippen molar-refractivity contribution in [3.63, 3.8) is 0 Å². The van der Waals surface area contributed by atoms with Crippen LogP contribution < -0.4 is 0 Å². The molecule has 0 amide bonds. The van der Waals surface area contributed by atoms with Gasteiger partial charge in [-0.2, -0.15) is 0 Å². The lowest BCUT2D eigenvalue weighted by molar-refractivity contribution is -0.142. The van der Waals surface area contributed by atoms with E-state index in [1.165, 1.54) is 84.2 Å². The Morgan fingerprint density at radius 3 is 1.72 bits per heavy atom. The monoisotopic (exact) mass is 402 g/mol. The first-order chi connectivity index (χ1) is 14.3. The largest absolute Gasteiger partial charge is 0.490 e. The molecule has 0 saturated heterocycles. The Labute approximate surface area is 178 Å². The Balaban J connectivity index is 1.95. The number of hydrogen-bond acceptors (Lipinski definition) is 3. The average molecular weight is 403 g/mol. The van der Waals surface area contributed by atoms with Gasteiger partial charge in [-0.05, 0) is 18.1 Å². The predicted octanol–water partition coefficient (Wildman–Crippen LogP) is 7.70. The van der Waals surface area contributed by atoms with Crippen molar-refractivity contribution in [2.24, 2.45) is 0 Å². The van der Waals surface area contributed by atoms with Gasteiger partial charge in [0.25, 0.3) is 0 Å². The molecule has 0 aromatic heterocycles. The van der Waals surface area contributed by atoms with Crippen LogP contribution in [0.15, 0.2) is 36.1 Å². The Hall–Kier alpha value is -1.77. The van der Waals surface area contributed by atoms with Crippen LogP contribution in [0.1, 0.15) is 102 Å². The Kier molecular flexibility index (Phi) is 15.9. The lowest BCUT2D eigenvalue weighted by Gasteiger charge is -2.07. The van der Waals surface area contributed by atoms with Crippen LogP contribution in [0, 0.1) is 0 Å². The van der Waals surface area contributed by atoms with E-state index in [0.717, 1.165) is 18.4 Å². The van der Waals surface area contributed by atoms with E-state index in [4.69, 9.17) is 9.47 Å². The van der Waals surface area contributed by atoms with Crippen LogP contribution in [0.2, 0.25) is 0 Å². The number of carbonyl (C=O) groups excluding carboxylic acids is 1. The van der Waals surface area contributed by atoms with Crippen molar-refractivity contribution in [3.8, 4) is 0 Å². The van der Waals surface area contributed by atoms with Crippen molar-refractivity contribution in [1.82, 2.24) is 0 Å². The summed E-state index contributed by atoms with van der Waals surface area (Å²) in [4.78, 5) is 12.1. The second-order valence-corrected chi connectivity index (χ2v) is 7.86. The smallest absolute Gasteiger partial charge is 0.373 e. The first kappa shape index (κ1) is 25.3. The Morgan fingerprint density at radius 2 is 1.24 bits per heavy atom. The molecule has 0 radical (unpaired) electrons. The van der Waals surface area contributed by atoms with E-state index in [2.05, 4.69) is 6.92 Å². The molecule has 0 atom stereocenters. The van der Waals surface area contributed by atoms with Crippen molar-refractivity contribution in [2.75, 3.05) is 13.7 Å². The van der Waals surface area contributed by atoms with Gasteiger partial charge in [-0.25, -0.2) is 4.79 Å². The third-order valence-electron chi connectivity index (χ3n) is 5.25. The molecule has 0 aliphatic carbocycles. The van der Waals surface area contributed by atoms with Crippen LogP contribution in [-0.2, 0) is 14.3 Å². The van der Waals surface area contributed by atoms with Crippen molar-refractivity contribution in [3.05, 3.63) is 41.7 Å². The van der Waals surface area contributed by atoms with Gasteiger partial charge in [-0.15, -0.1) is 0 Å². The molecule has 0 N–H and O–H groups in total. The van der Waals surface area contributed by atoms with E-state index in [9.17, 15) is 4.79 Å². The van der Waals surface area contributed by atoms with E-state index in [0.29, 0.717) is 6.61 Å². The number of carbonyl (C=O) groups is 1. The summed E-state index contributed by atoms with van der Waals surface area (Å²) < 4.78 is 10.5. The van der Waals surface area contributed by atoms with Gasteiger partial charge in [0.1, 0.15) is 0 Å². The number of rotatable bonds is 18. The summed E-state index contributed by atoms with van der Waals surface area (Å²) in [5, 5.41) is 0. The van der Waals surface area contributed by atoms with E-state index in [1.54, 1.807) is 6.08 Å². The highest BCUT2D eigenvalue weighted by molar-refractivity contribution is 5.91. The van der Waals surface area contributed by atoms with Crippen molar-refractivity contribution >= 4 is 12.0 Å². The second kappa shape index (κ2) is 18.3. The summed E-state index contributed by atoms with van der Waals surface area (Å²) in [6, 6.07) is 9.66. The third kappa shape index (κ3) is 13.9. The number of benzene rings is 1. The van der Waals surface area contributed by atoms with Crippen molar-refractivity contribution in [1.29, 1.82) is 0 Å². The molecule has 164 valence electrons. The normalized spacial score (nSPS) is 11.4. The molecule has 0 aliphatic rings. The number of esters is 1. The maximum atomic E-state index is 12.1. The van der Waals surface area contributed by atoms with Crippen molar-refractivity contribution < 1.29 is 14.3 Å². The van der Waals surface area contributed by atoms with Gasteiger partial charge in [0.15, 0.2) is 0 Å². The van der Waals surface area contributed by atoms with Gasteiger partial charge >= 0.3 is 5.97 Å². The summed E-state index contributed by atoms with van der Waals surface area (Å²) in [6.07, 6.45) is 20.2.